The van der Waals surface area contributed by atoms with Gasteiger partial charge in [0.1, 0.15) is 7.11 Å². The lowest BCUT2D eigenvalue weighted by atomic mass is 9.69. The van der Waals surface area contributed by atoms with Crippen LogP contribution in [-0.4, -0.2) is 12.8 Å². The lowest BCUT2D eigenvalue weighted by Crippen LogP contribution is -2.30. The van der Waals surface area contributed by atoms with Gasteiger partial charge in [-0.2, -0.15) is 0 Å². The molecule has 0 aliphatic heterocycles. The van der Waals surface area contributed by atoms with Gasteiger partial charge in [0.05, 0.1) is 5.71 Å². The third-order valence-electron chi connectivity index (χ3n) is 3.39. The quantitative estimate of drug-likeness (QED) is 0.590. The molecule has 1 aliphatic carbocycles. The average Bonchev–Trinajstić information content (AvgIpc) is 2.07. The van der Waals surface area contributed by atoms with E-state index in [0.29, 0.717) is 11.3 Å². The third-order valence-corrected chi connectivity index (χ3v) is 3.39. The van der Waals surface area contributed by atoms with Gasteiger partial charge in [0.25, 0.3) is 0 Å². The Bertz CT molecular complexity index is 215. The van der Waals surface area contributed by atoms with Gasteiger partial charge in [-0.05, 0) is 36.5 Å². The van der Waals surface area contributed by atoms with Crippen LogP contribution in [0.5, 0.6) is 0 Å². The molecule has 0 aromatic heterocycles. The van der Waals surface area contributed by atoms with E-state index in [9.17, 15) is 0 Å². The van der Waals surface area contributed by atoms with E-state index in [0.717, 1.165) is 12.3 Å². The second-order valence-electron chi connectivity index (χ2n) is 5.50. The molecule has 2 atom stereocenters. The fourth-order valence-corrected chi connectivity index (χ4v) is 2.29. The van der Waals surface area contributed by atoms with Crippen molar-refractivity contribution >= 4 is 5.71 Å². The maximum atomic E-state index is 4.86. The Hall–Kier alpha value is -0.530. The van der Waals surface area contributed by atoms with Crippen LogP contribution in [-0.2, 0) is 4.84 Å². The zero-order chi connectivity index (χ0) is 10.8. The van der Waals surface area contributed by atoms with Gasteiger partial charge in [0, 0.05) is 0 Å². The Labute approximate surface area is 87.7 Å². The molecule has 1 aliphatic rings. The molecule has 0 aromatic rings. The molecule has 0 heterocycles. The highest BCUT2D eigenvalue weighted by molar-refractivity contribution is 5.86. The van der Waals surface area contributed by atoms with Gasteiger partial charge in [0.2, 0.25) is 0 Å². The van der Waals surface area contributed by atoms with E-state index in [1.54, 1.807) is 7.11 Å². The molecule has 0 spiro atoms. The van der Waals surface area contributed by atoms with E-state index >= 15 is 0 Å². The summed E-state index contributed by atoms with van der Waals surface area (Å²) in [7, 11) is 1.63. The lowest BCUT2D eigenvalue weighted by Gasteiger charge is -2.36. The first-order chi connectivity index (χ1) is 6.45. The predicted octanol–water partition coefficient (Wildman–Crippen LogP) is 3.47. The van der Waals surface area contributed by atoms with E-state index in [4.69, 9.17) is 4.84 Å². The molecule has 0 amide bonds. The lowest BCUT2D eigenvalue weighted by molar-refractivity contribution is 0.177. The van der Waals surface area contributed by atoms with Crippen molar-refractivity contribution in [2.75, 3.05) is 7.11 Å². The second-order valence-corrected chi connectivity index (χ2v) is 5.50. The summed E-state index contributed by atoms with van der Waals surface area (Å²) in [4.78, 5) is 4.86. The molecular weight excluding hydrogens is 174 g/mol. The molecule has 2 nitrogen and oxygen atoms in total. The SMILES string of the molecule is CO/N=C1\CC[C@H](C(C)(C)C)C[C@@H]1C. The van der Waals surface area contributed by atoms with Crippen molar-refractivity contribution in [2.45, 2.75) is 47.0 Å². The molecule has 14 heavy (non-hydrogen) atoms. The molecule has 0 saturated heterocycles. The Morgan fingerprint density at radius 2 is 2.00 bits per heavy atom. The maximum absolute atomic E-state index is 4.86. The third kappa shape index (κ3) is 2.73. The molecule has 0 bridgehead atoms. The molecule has 0 unspecified atom stereocenters. The van der Waals surface area contributed by atoms with Crippen molar-refractivity contribution in [3.8, 4) is 0 Å². The highest BCUT2D eigenvalue weighted by Crippen LogP contribution is 2.39. The molecule has 0 aromatic carbocycles. The molecule has 2 heteroatoms. The van der Waals surface area contributed by atoms with Crippen molar-refractivity contribution in [1.82, 2.24) is 0 Å². The highest BCUT2D eigenvalue weighted by atomic mass is 16.6. The monoisotopic (exact) mass is 197 g/mol. The summed E-state index contributed by atoms with van der Waals surface area (Å²) in [6.45, 7) is 9.27. The number of nitrogens with zero attached hydrogens (tertiary/aromatic N) is 1. The van der Waals surface area contributed by atoms with Crippen molar-refractivity contribution in [3.63, 3.8) is 0 Å². The van der Waals surface area contributed by atoms with Gasteiger partial charge in [-0.3, -0.25) is 0 Å². The van der Waals surface area contributed by atoms with Crippen LogP contribution >= 0.6 is 0 Å². The Balaban J connectivity index is 2.60. The standard InChI is InChI=1S/C12H23NO/c1-9-8-10(12(2,3)4)6-7-11(9)13-14-5/h9-10H,6-8H2,1-5H3/b13-11+/t9-,10-/m0/s1. The molecule has 1 rings (SSSR count). The summed E-state index contributed by atoms with van der Waals surface area (Å²) in [5.41, 5.74) is 1.68. The number of rotatable bonds is 1. The molecule has 0 radical (unpaired) electrons. The van der Waals surface area contributed by atoms with Crippen LogP contribution in [0.4, 0.5) is 0 Å². The molecule has 1 saturated carbocycles. The molecule has 82 valence electrons. The summed E-state index contributed by atoms with van der Waals surface area (Å²) in [5, 5.41) is 4.10. The fourth-order valence-electron chi connectivity index (χ4n) is 2.29. The normalized spacial score (nSPS) is 31.9. The Morgan fingerprint density at radius 1 is 1.36 bits per heavy atom. The van der Waals surface area contributed by atoms with Crippen LogP contribution in [0.3, 0.4) is 0 Å². The summed E-state index contributed by atoms with van der Waals surface area (Å²) < 4.78 is 0. The molecular formula is C12H23NO. The zero-order valence-corrected chi connectivity index (χ0v) is 10.1. The summed E-state index contributed by atoms with van der Waals surface area (Å²) >= 11 is 0. The fraction of sp³-hybridized carbons (Fsp3) is 0.917. The second kappa shape index (κ2) is 4.33. The number of oxime groups is 1. The van der Waals surface area contributed by atoms with Crippen LogP contribution in [0.1, 0.15) is 47.0 Å². The largest absolute Gasteiger partial charge is 0.399 e. The first-order valence-electron chi connectivity index (χ1n) is 5.55. The van der Waals surface area contributed by atoms with E-state index in [2.05, 4.69) is 32.9 Å². The van der Waals surface area contributed by atoms with E-state index in [1.165, 1.54) is 18.6 Å². The predicted molar refractivity (Wildman–Crippen MR) is 60.4 cm³/mol. The van der Waals surface area contributed by atoms with E-state index in [-0.39, 0.29) is 0 Å². The number of hydrogen-bond acceptors (Lipinski definition) is 2. The average molecular weight is 197 g/mol. The van der Waals surface area contributed by atoms with Gasteiger partial charge in [-0.15, -0.1) is 0 Å². The van der Waals surface area contributed by atoms with Crippen molar-refractivity contribution in [2.24, 2.45) is 22.4 Å². The summed E-state index contributed by atoms with van der Waals surface area (Å²) in [5.74, 6) is 1.42. The highest BCUT2D eigenvalue weighted by Gasteiger charge is 2.31. The topological polar surface area (TPSA) is 21.6 Å². The van der Waals surface area contributed by atoms with Crippen LogP contribution in [0.2, 0.25) is 0 Å². The summed E-state index contributed by atoms with van der Waals surface area (Å²) in [6.07, 6.45) is 3.62. The first-order valence-corrected chi connectivity index (χ1v) is 5.55. The minimum atomic E-state index is 0.437. The maximum Gasteiger partial charge on any atom is 0.106 e. The van der Waals surface area contributed by atoms with Gasteiger partial charge < -0.3 is 4.84 Å². The minimum Gasteiger partial charge on any atom is -0.399 e. The van der Waals surface area contributed by atoms with Gasteiger partial charge >= 0.3 is 0 Å². The van der Waals surface area contributed by atoms with E-state index in [1.807, 2.05) is 0 Å². The first kappa shape index (κ1) is 11.5. The summed E-state index contributed by atoms with van der Waals surface area (Å²) in [6, 6.07) is 0. The van der Waals surface area contributed by atoms with Gasteiger partial charge in [-0.25, -0.2) is 0 Å². The molecule has 0 N–H and O–H groups in total. The van der Waals surface area contributed by atoms with E-state index < -0.39 is 0 Å². The van der Waals surface area contributed by atoms with Crippen LogP contribution in [0.15, 0.2) is 5.16 Å². The Morgan fingerprint density at radius 3 is 2.43 bits per heavy atom. The van der Waals surface area contributed by atoms with Crippen molar-refractivity contribution in [3.05, 3.63) is 0 Å². The van der Waals surface area contributed by atoms with Gasteiger partial charge in [0.15, 0.2) is 0 Å². The van der Waals surface area contributed by atoms with Crippen LogP contribution in [0.25, 0.3) is 0 Å². The van der Waals surface area contributed by atoms with Crippen LogP contribution in [0, 0.1) is 17.3 Å². The smallest absolute Gasteiger partial charge is 0.106 e. The zero-order valence-electron chi connectivity index (χ0n) is 10.1. The van der Waals surface area contributed by atoms with Gasteiger partial charge in [-0.1, -0.05) is 32.9 Å². The van der Waals surface area contributed by atoms with Crippen molar-refractivity contribution < 1.29 is 4.84 Å². The molecule has 1 fully saturated rings. The van der Waals surface area contributed by atoms with Crippen molar-refractivity contribution in [1.29, 1.82) is 0 Å². The Kier molecular flexibility index (Phi) is 3.57. The minimum absolute atomic E-state index is 0.437. The van der Waals surface area contributed by atoms with Crippen LogP contribution < -0.4 is 0 Å². The number of hydrogen-bond donors (Lipinski definition) is 0.